The number of nitrogens with zero attached hydrogens (tertiary/aromatic N) is 2. The molecule has 21 heavy (non-hydrogen) atoms. The van der Waals surface area contributed by atoms with Gasteiger partial charge in [-0.3, -0.25) is 0 Å². The highest BCUT2D eigenvalue weighted by molar-refractivity contribution is 7.15. The lowest BCUT2D eigenvalue weighted by Crippen LogP contribution is -2.21. The van der Waals surface area contributed by atoms with Gasteiger partial charge < -0.3 is 10.2 Å². The van der Waals surface area contributed by atoms with Crippen molar-refractivity contribution in [2.45, 2.75) is 51.7 Å². The fourth-order valence-electron chi connectivity index (χ4n) is 2.34. The topological polar surface area (TPSA) is 28.2 Å². The maximum absolute atomic E-state index is 4.94. The summed E-state index contributed by atoms with van der Waals surface area (Å²) < 4.78 is 0. The Balaban J connectivity index is 1.74. The molecule has 0 bridgehead atoms. The summed E-state index contributed by atoms with van der Waals surface area (Å²) in [7, 11) is 2.15. The monoisotopic (exact) mass is 321 g/mol. The minimum atomic E-state index is 0.520. The van der Waals surface area contributed by atoms with E-state index in [1.807, 2.05) is 11.3 Å². The summed E-state index contributed by atoms with van der Waals surface area (Å²) in [6.45, 7) is 6.29. The van der Waals surface area contributed by atoms with Crippen molar-refractivity contribution in [1.29, 1.82) is 0 Å². The third-order valence-electron chi connectivity index (χ3n) is 3.68. The maximum Gasteiger partial charge on any atom is 0.185 e. The molecule has 2 heterocycles. The van der Waals surface area contributed by atoms with E-state index in [0.717, 1.165) is 18.2 Å². The van der Waals surface area contributed by atoms with Crippen LogP contribution in [0.3, 0.4) is 0 Å². The van der Waals surface area contributed by atoms with Crippen LogP contribution in [-0.4, -0.2) is 18.1 Å². The van der Waals surface area contributed by atoms with Crippen LogP contribution in [0.15, 0.2) is 16.8 Å². The molecule has 0 radical (unpaired) electrons. The first-order valence-electron chi connectivity index (χ1n) is 7.58. The number of aromatic nitrogens is 1. The second kappa shape index (κ2) is 6.46. The van der Waals surface area contributed by atoms with Crippen LogP contribution >= 0.6 is 22.7 Å². The van der Waals surface area contributed by atoms with Gasteiger partial charge >= 0.3 is 0 Å². The third kappa shape index (κ3) is 3.84. The van der Waals surface area contributed by atoms with Crippen molar-refractivity contribution < 1.29 is 0 Å². The molecule has 0 spiro atoms. The smallest absolute Gasteiger partial charge is 0.185 e. The van der Waals surface area contributed by atoms with E-state index in [4.69, 9.17) is 4.98 Å². The normalized spacial score (nSPS) is 14.9. The van der Waals surface area contributed by atoms with Gasteiger partial charge in [-0.15, -0.1) is 11.3 Å². The second-order valence-corrected chi connectivity index (χ2v) is 7.94. The zero-order valence-corrected chi connectivity index (χ0v) is 14.6. The first-order chi connectivity index (χ1) is 10.1. The van der Waals surface area contributed by atoms with Crippen molar-refractivity contribution in [2.24, 2.45) is 0 Å². The molecule has 1 fully saturated rings. The third-order valence-corrected chi connectivity index (χ3v) is 5.60. The molecule has 1 saturated carbocycles. The molecule has 1 aliphatic carbocycles. The maximum atomic E-state index is 4.94. The van der Waals surface area contributed by atoms with Crippen LogP contribution in [-0.2, 0) is 13.1 Å². The Bertz CT molecular complexity index is 570. The Kier molecular flexibility index (Phi) is 4.62. The van der Waals surface area contributed by atoms with Crippen molar-refractivity contribution in [3.05, 3.63) is 33.0 Å². The number of thiazole rings is 1. The first-order valence-corrected chi connectivity index (χ1v) is 9.34. The highest BCUT2D eigenvalue weighted by Crippen LogP contribution is 2.44. The number of thiophene rings is 1. The average molecular weight is 322 g/mol. The predicted octanol–water partition coefficient (Wildman–Crippen LogP) is 4.22. The van der Waals surface area contributed by atoms with Gasteiger partial charge in [0.25, 0.3) is 0 Å². The van der Waals surface area contributed by atoms with Gasteiger partial charge in [-0.25, -0.2) is 4.98 Å². The summed E-state index contributed by atoms with van der Waals surface area (Å²) >= 11 is 3.61. The van der Waals surface area contributed by atoms with E-state index in [9.17, 15) is 0 Å². The van der Waals surface area contributed by atoms with Crippen LogP contribution in [0.2, 0.25) is 0 Å². The van der Waals surface area contributed by atoms with Gasteiger partial charge in [0.1, 0.15) is 0 Å². The Morgan fingerprint density at radius 2 is 2.24 bits per heavy atom. The van der Waals surface area contributed by atoms with E-state index in [2.05, 4.69) is 47.9 Å². The molecule has 2 aromatic heterocycles. The Labute approximate surface area is 135 Å². The molecule has 3 nitrogen and oxygen atoms in total. The van der Waals surface area contributed by atoms with Crippen molar-refractivity contribution >= 4 is 27.8 Å². The number of nitrogens with one attached hydrogen (secondary N) is 1. The molecule has 0 aliphatic heterocycles. The van der Waals surface area contributed by atoms with Gasteiger partial charge in [0.2, 0.25) is 0 Å². The van der Waals surface area contributed by atoms with Crippen molar-refractivity contribution in [3.8, 4) is 0 Å². The molecule has 0 unspecified atom stereocenters. The fraction of sp³-hybridized carbons (Fsp3) is 0.562. The van der Waals surface area contributed by atoms with Crippen LogP contribution in [0.5, 0.6) is 0 Å². The molecule has 0 saturated heterocycles. The highest BCUT2D eigenvalue weighted by Gasteiger charge is 2.30. The van der Waals surface area contributed by atoms with Gasteiger partial charge in [-0.2, -0.15) is 11.3 Å². The van der Waals surface area contributed by atoms with Crippen molar-refractivity contribution in [3.63, 3.8) is 0 Å². The minimum Gasteiger partial charge on any atom is -0.347 e. The number of hydrogen-bond acceptors (Lipinski definition) is 5. The molecular formula is C16H23N3S2. The number of hydrogen-bond donors (Lipinski definition) is 1. The van der Waals surface area contributed by atoms with E-state index >= 15 is 0 Å². The van der Waals surface area contributed by atoms with Crippen LogP contribution in [0.25, 0.3) is 0 Å². The van der Waals surface area contributed by atoms with Crippen molar-refractivity contribution in [2.75, 3.05) is 11.9 Å². The summed E-state index contributed by atoms with van der Waals surface area (Å²) in [5, 5.41) is 9.05. The molecule has 2 aromatic rings. The molecule has 5 heteroatoms. The number of rotatable bonds is 7. The molecule has 1 N–H and O–H groups in total. The van der Waals surface area contributed by atoms with Crippen LogP contribution in [0.1, 0.15) is 48.7 Å². The first kappa shape index (κ1) is 15.0. The summed E-state index contributed by atoms with van der Waals surface area (Å²) in [6, 6.07) is 2.71. The Morgan fingerprint density at radius 3 is 2.86 bits per heavy atom. The molecule has 3 rings (SSSR count). The Hall–Kier alpha value is -0.910. The van der Waals surface area contributed by atoms with Crippen molar-refractivity contribution in [1.82, 2.24) is 10.3 Å². The van der Waals surface area contributed by atoms with Gasteiger partial charge in [-0.05, 0) is 35.2 Å². The van der Waals surface area contributed by atoms with E-state index in [0.29, 0.717) is 12.0 Å². The van der Waals surface area contributed by atoms with Crippen LogP contribution in [0, 0.1) is 0 Å². The lowest BCUT2D eigenvalue weighted by atomic mass is 10.2. The Morgan fingerprint density at radius 1 is 1.43 bits per heavy atom. The van der Waals surface area contributed by atoms with E-state index in [1.165, 1.54) is 29.0 Å². The summed E-state index contributed by atoms with van der Waals surface area (Å²) in [4.78, 5) is 8.64. The van der Waals surface area contributed by atoms with Gasteiger partial charge in [0, 0.05) is 37.0 Å². The minimum absolute atomic E-state index is 0.520. The average Bonchev–Trinajstić information content (AvgIpc) is 2.99. The van der Waals surface area contributed by atoms with Gasteiger partial charge in [0.05, 0.1) is 5.69 Å². The number of anilines is 1. The van der Waals surface area contributed by atoms with Gasteiger partial charge in [0.15, 0.2) is 5.13 Å². The molecule has 0 aromatic carbocycles. The quantitative estimate of drug-likeness (QED) is 0.828. The molecule has 0 amide bonds. The molecule has 0 atom stereocenters. The van der Waals surface area contributed by atoms with Crippen LogP contribution < -0.4 is 10.2 Å². The second-order valence-electron chi connectivity index (χ2n) is 6.10. The van der Waals surface area contributed by atoms with Gasteiger partial charge in [-0.1, -0.05) is 13.8 Å². The standard InChI is InChI=1S/C16H23N3S2/c1-11(2)17-8-14-15(13-4-5-13)18-16(21-14)19(3)9-12-6-7-20-10-12/h6-7,10-11,13,17H,4-5,8-9H2,1-3H3. The van der Waals surface area contributed by atoms with Crippen LogP contribution in [0.4, 0.5) is 5.13 Å². The fourth-order valence-corrected chi connectivity index (χ4v) is 4.05. The molecule has 114 valence electrons. The van der Waals surface area contributed by atoms with E-state index < -0.39 is 0 Å². The molecular weight excluding hydrogens is 298 g/mol. The lowest BCUT2D eigenvalue weighted by molar-refractivity contribution is 0.590. The van der Waals surface area contributed by atoms with E-state index in [1.54, 1.807) is 11.3 Å². The van der Waals surface area contributed by atoms with E-state index in [-0.39, 0.29) is 0 Å². The largest absolute Gasteiger partial charge is 0.347 e. The SMILES string of the molecule is CC(C)NCc1sc(N(C)Cc2ccsc2)nc1C1CC1. The zero-order valence-electron chi connectivity index (χ0n) is 12.9. The molecule has 1 aliphatic rings. The summed E-state index contributed by atoms with van der Waals surface area (Å²) in [5.41, 5.74) is 2.72. The highest BCUT2D eigenvalue weighted by atomic mass is 32.1. The summed E-state index contributed by atoms with van der Waals surface area (Å²) in [5.74, 6) is 0.716. The predicted molar refractivity (Wildman–Crippen MR) is 92.5 cm³/mol. The lowest BCUT2D eigenvalue weighted by Gasteiger charge is -2.14. The summed E-state index contributed by atoms with van der Waals surface area (Å²) in [6.07, 6.45) is 2.62. The zero-order chi connectivity index (χ0) is 14.8.